The van der Waals surface area contributed by atoms with Crippen molar-refractivity contribution < 1.29 is 4.79 Å². The second-order valence-electron chi connectivity index (χ2n) is 6.73. The fraction of sp³-hybridized carbons (Fsp3) is 0.136. The van der Waals surface area contributed by atoms with Gasteiger partial charge >= 0.3 is 0 Å². The van der Waals surface area contributed by atoms with Crippen LogP contribution in [-0.4, -0.2) is 32.6 Å². The van der Waals surface area contributed by atoms with Gasteiger partial charge in [0.1, 0.15) is 9.88 Å². The predicted octanol–water partition coefficient (Wildman–Crippen LogP) is 5.23. The lowest BCUT2D eigenvalue weighted by Gasteiger charge is -2.15. The molecule has 0 atom stereocenters. The maximum Gasteiger partial charge on any atom is 0.265 e. The zero-order valence-corrected chi connectivity index (χ0v) is 17.6. The molecule has 2 aromatic heterocycles. The summed E-state index contributed by atoms with van der Waals surface area (Å²) >= 11 is 7.36. The van der Waals surface area contributed by atoms with Crippen molar-refractivity contribution in [1.82, 2.24) is 19.7 Å². The third-order valence-electron chi connectivity index (χ3n) is 4.51. The van der Waals surface area contributed by atoms with Crippen LogP contribution >= 0.6 is 22.9 Å². The van der Waals surface area contributed by atoms with Crippen LogP contribution in [-0.2, 0) is 6.54 Å². The molecule has 7 heteroatoms. The highest BCUT2D eigenvalue weighted by atomic mass is 35.5. The monoisotopic (exact) mass is 422 g/mol. The molecule has 146 valence electrons. The fourth-order valence-corrected chi connectivity index (χ4v) is 4.19. The largest absolute Gasteiger partial charge is 0.337 e. The van der Waals surface area contributed by atoms with E-state index in [1.807, 2.05) is 72.4 Å². The molecule has 0 aliphatic heterocycles. The first-order chi connectivity index (χ1) is 14.0. The number of aryl methyl sites for hydroxylation is 1. The minimum Gasteiger partial charge on any atom is -0.337 e. The normalized spacial score (nSPS) is 10.9. The minimum absolute atomic E-state index is 0.0484. The molecule has 0 unspecified atom stereocenters. The van der Waals surface area contributed by atoms with Gasteiger partial charge in [-0.2, -0.15) is 5.10 Å². The summed E-state index contributed by atoms with van der Waals surface area (Å²) in [7, 11) is 1.79. The second-order valence-corrected chi connectivity index (χ2v) is 8.17. The number of aromatic nitrogens is 3. The average molecular weight is 423 g/mol. The summed E-state index contributed by atoms with van der Waals surface area (Å²) in [4.78, 5) is 19.9. The molecular formula is C22H19ClN4OS. The standard InChI is InChI=1S/C22H19ClN4OS/c1-15-20(29-21(25-15)17-8-10-18(23)11-9-17)22(28)26(2)13-16-12-24-27(14-16)19-6-4-3-5-7-19/h3-12,14H,13H2,1-2H3. The van der Waals surface area contributed by atoms with Gasteiger partial charge in [-0.1, -0.05) is 41.9 Å². The average Bonchev–Trinajstić information content (AvgIpc) is 3.35. The Morgan fingerprint density at radius 2 is 1.86 bits per heavy atom. The van der Waals surface area contributed by atoms with Crippen LogP contribution in [0.2, 0.25) is 5.02 Å². The third kappa shape index (κ3) is 4.23. The summed E-state index contributed by atoms with van der Waals surface area (Å²) in [5.74, 6) is -0.0484. The Balaban J connectivity index is 1.50. The van der Waals surface area contributed by atoms with Gasteiger partial charge in [0, 0.05) is 35.9 Å². The molecule has 4 aromatic rings. The van der Waals surface area contributed by atoms with Gasteiger partial charge in [-0.15, -0.1) is 11.3 Å². The van der Waals surface area contributed by atoms with Crippen LogP contribution in [0.4, 0.5) is 0 Å². The van der Waals surface area contributed by atoms with Crippen molar-refractivity contribution >= 4 is 28.8 Å². The van der Waals surface area contributed by atoms with E-state index in [9.17, 15) is 4.79 Å². The van der Waals surface area contributed by atoms with E-state index in [1.54, 1.807) is 18.1 Å². The van der Waals surface area contributed by atoms with E-state index in [0.29, 0.717) is 16.4 Å². The molecule has 0 fully saturated rings. The van der Waals surface area contributed by atoms with Crippen LogP contribution in [0.3, 0.4) is 0 Å². The van der Waals surface area contributed by atoms with Crippen LogP contribution in [0.5, 0.6) is 0 Å². The predicted molar refractivity (Wildman–Crippen MR) is 117 cm³/mol. The van der Waals surface area contributed by atoms with Crippen molar-refractivity contribution in [2.45, 2.75) is 13.5 Å². The van der Waals surface area contributed by atoms with Gasteiger partial charge in [0.2, 0.25) is 0 Å². The van der Waals surface area contributed by atoms with E-state index in [4.69, 9.17) is 11.6 Å². The Kier molecular flexibility index (Phi) is 5.47. The highest BCUT2D eigenvalue weighted by Gasteiger charge is 2.20. The van der Waals surface area contributed by atoms with Crippen LogP contribution in [0.15, 0.2) is 67.0 Å². The van der Waals surface area contributed by atoms with Gasteiger partial charge in [-0.25, -0.2) is 9.67 Å². The number of nitrogens with zero attached hydrogens (tertiary/aromatic N) is 4. The van der Waals surface area contributed by atoms with Crippen molar-refractivity contribution in [2.75, 3.05) is 7.05 Å². The number of carbonyl (C=O) groups is 1. The Morgan fingerprint density at radius 3 is 2.59 bits per heavy atom. The summed E-state index contributed by atoms with van der Waals surface area (Å²) in [6, 6.07) is 17.4. The molecule has 29 heavy (non-hydrogen) atoms. The Labute approximate surface area is 178 Å². The zero-order chi connectivity index (χ0) is 20.4. The topological polar surface area (TPSA) is 51.0 Å². The number of para-hydroxylation sites is 1. The number of carbonyl (C=O) groups excluding carboxylic acids is 1. The van der Waals surface area contributed by atoms with Gasteiger partial charge in [0.15, 0.2) is 0 Å². The van der Waals surface area contributed by atoms with Gasteiger partial charge in [-0.3, -0.25) is 4.79 Å². The smallest absolute Gasteiger partial charge is 0.265 e. The summed E-state index contributed by atoms with van der Waals surface area (Å²) in [5, 5.41) is 5.89. The molecule has 1 amide bonds. The molecule has 0 spiro atoms. The van der Waals surface area contributed by atoms with E-state index in [0.717, 1.165) is 27.5 Å². The SMILES string of the molecule is Cc1nc(-c2ccc(Cl)cc2)sc1C(=O)N(C)Cc1cnn(-c2ccccc2)c1. The lowest BCUT2D eigenvalue weighted by atomic mass is 10.2. The number of halogens is 1. The Morgan fingerprint density at radius 1 is 1.14 bits per heavy atom. The molecule has 0 saturated heterocycles. The van der Waals surface area contributed by atoms with E-state index < -0.39 is 0 Å². The molecule has 0 aliphatic rings. The molecule has 4 rings (SSSR count). The van der Waals surface area contributed by atoms with Crippen molar-refractivity contribution in [3.05, 3.63) is 88.1 Å². The highest BCUT2D eigenvalue weighted by Crippen LogP contribution is 2.29. The molecule has 0 saturated carbocycles. The quantitative estimate of drug-likeness (QED) is 0.442. The van der Waals surface area contributed by atoms with E-state index in [-0.39, 0.29) is 5.91 Å². The lowest BCUT2D eigenvalue weighted by Crippen LogP contribution is -2.25. The zero-order valence-electron chi connectivity index (χ0n) is 16.0. The van der Waals surface area contributed by atoms with Crippen molar-refractivity contribution in [3.8, 4) is 16.3 Å². The molecular weight excluding hydrogens is 404 g/mol. The summed E-state index contributed by atoms with van der Waals surface area (Å²) in [6.45, 7) is 2.34. The maximum atomic E-state index is 13.0. The molecule has 0 radical (unpaired) electrons. The van der Waals surface area contributed by atoms with Gasteiger partial charge in [-0.05, 0) is 31.2 Å². The van der Waals surface area contributed by atoms with Crippen molar-refractivity contribution in [3.63, 3.8) is 0 Å². The van der Waals surface area contributed by atoms with Crippen LogP contribution in [0.1, 0.15) is 20.9 Å². The summed E-state index contributed by atoms with van der Waals surface area (Å²) < 4.78 is 1.81. The third-order valence-corrected chi connectivity index (χ3v) is 5.95. The van der Waals surface area contributed by atoms with E-state index >= 15 is 0 Å². The summed E-state index contributed by atoms with van der Waals surface area (Å²) in [6.07, 6.45) is 3.73. The van der Waals surface area contributed by atoms with Gasteiger partial charge < -0.3 is 4.90 Å². The maximum absolute atomic E-state index is 13.0. The molecule has 0 aliphatic carbocycles. The van der Waals surface area contributed by atoms with Gasteiger partial charge in [0.25, 0.3) is 5.91 Å². The molecule has 0 bridgehead atoms. The first-order valence-electron chi connectivity index (χ1n) is 9.09. The first kappa shape index (κ1) is 19.4. The van der Waals surface area contributed by atoms with Crippen LogP contribution < -0.4 is 0 Å². The van der Waals surface area contributed by atoms with E-state index in [1.165, 1.54) is 11.3 Å². The number of rotatable bonds is 5. The number of thiazole rings is 1. The van der Waals surface area contributed by atoms with Gasteiger partial charge in [0.05, 0.1) is 17.6 Å². The Hall–Kier alpha value is -2.96. The lowest BCUT2D eigenvalue weighted by molar-refractivity contribution is 0.0789. The highest BCUT2D eigenvalue weighted by molar-refractivity contribution is 7.17. The molecule has 2 aromatic carbocycles. The van der Waals surface area contributed by atoms with Crippen LogP contribution in [0.25, 0.3) is 16.3 Å². The van der Waals surface area contributed by atoms with Crippen molar-refractivity contribution in [2.24, 2.45) is 0 Å². The van der Waals surface area contributed by atoms with Crippen LogP contribution in [0, 0.1) is 6.92 Å². The first-order valence-corrected chi connectivity index (χ1v) is 10.3. The minimum atomic E-state index is -0.0484. The van der Waals surface area contributed by atoms with Crippen molar-refractivity contribution in [1.29, 1.82) is 0 Å². The molecule has 0 N–H and O–H groups in total. The summed E-state index contributed by atoms with van der Waals surface area (Å²) in [5.41, 5.74) is 3.63. The number of hydrogen-bond donors (Lipinski definition) is 0. The second kappa shape index (κ2) is 8.19. The molecule has 2 heterocycles. The fourth-order valence-electron chi connectivity index (χ4n) is 2.99. The number of hydrogen-bond acceptors (Lipinski definition) is 4. The molecule has 5 nitrogen and oxygen atoms in total. The number of benzene rings is 2. The van der Waals surface area contributed by atoms with E-state index in [2.05, 4.69) is 10.1 Å². The Bertz CT molecular complexity index is 1140. The number of amides is 1.